The molecule has 0 aliphatic heterocycles. The molecule has 1 rings (SSSR count). The number of carbonyl (C=O) groups is 1. The van der Waals surface area contributed by atoms with Crippen LogP contribution in [0.5, 0.6) is 0 Å². The van der Waals surface area contributed by atoms with Crippen LogP contribution < -0.4 is 5.32 Å². The number of carbonyl (C=O) groups excluding carboxylic acids is 1. The Morgan fingerprint density at radius 3 is 2.45 bits per heavy atom. The fourth-order valence-corrected chi connectivity index (χ4v) is 2.67. The van der Waals surface area contributed by atoms with Crippen molar-refractivity contribution in [2.45, 2.75) is 51.3 Å². The lowest BCUT2D eigenvalue weighted by atomic mass is 9.85. The second-order valence-corrected chi connectivity index (χ2v) is 6.02. The molecule has 112 valence electrons. The van der Waals surface area contributed by atoms with Crippen molar-refractivity contribution in [2.75, 3.05) is 6.54 Å². The van der Waals surface area contributed by atoms with Gasteiger partial charge in [-0.2, -0.15) is 0 Å². The van der Waals surface area contributed by atoms with Gasteiger partial charge in [0.25, 0.3) is 0 Å². The van der Waals surface area contributed by atoms with Crippen molar-refractivity contribution in [3.05, 3.63) is 35.9 Å². The quantitative estimate of drug-likeness (QED) is 0.710. The summed E-state index contributed by atoms with van der Waals surface area (Å²) in [5.74, 6) is 0.316. The molecule has 2 nitrogen and oxygen atoms in total. The van der Waals surface area contributed by atoms with E-state index in [2.05, 4.69) is 26.1 Å². The Labute approximate surface area is 127 Å². The zero-order valence-corrected chi connectivity index (χ0v) is 13.5. The van der Waals surface area contributed by atoms with Crippen LogP contribution in [0.15, 0.2) is 30.3 Å². The van der Waals surface area contributed by atoms with Gasteiger partial charge in [-0.25, -0.2) is 0 Å². The molecule has 3 atom stereocenters. The van der Waals surface area contributed by atoms with Gasteiger partial charge in [0.15, 0.2) is 0 Å². The van der Waals surface area contributed by atoms with Gasteiger partial charge >= 0.3 is 0 Å². The molecular weight excluding hydrogens is 270 g/mol. The molecule has 1 N–H and O–H groups in total. The zero-order chi connectivity index (χ0) is 15.0. The van der Waals surface area contributed by atoms with Crippen LogP contribution in [0.3, 0.4) is 0 Å². The molecule has 20 heavy (non-hydrogen) atoms. The van der Waals surface area contributed by atoms with Crippen LogP contribution in [-0.2, 0) is 4.79 Å². The first kappa shape index (κ1) is 17.0. The van der Waals surface area contributed by atoms with Gasteiger partial charge in [-0.15, -0.1) is 11.6 Å². The summed E-state index contributed by atoms with van der Waals surface area (Å²) in [7, 11) is 0. The van der Waals surface area contributed by atoms with E-state index in [4.69, 9.17) is 11.6 Å². The lowest BCUT2D eigenvalue weighted by Crippen LogP contribution is -2.36. The molecule has 1 aromatic rings. The molecule has 0 aliphatic rings. The van der Waals surface area contributed by atoms with E-state index in [1.165, 1.54) is 0 Å². The first-order valence-electron chi connectivity index (χ1n) is 7.56. The highest BCUT2D eigenvalue weighted by Crippen LogP contribution is 2.27. The highest BCUT2D eigenvalue weighted by atomic mass is 35.5. The second-order valence-electron chi connectivity index (χ2n) is 5.40. The summed E-state index contributed by atoms with van der Waals surface area (Å²) in [6.45, 7) is 6.90. The number of halogens is 1. The number of hydrogen-bond donors (Lipinski definition) is 1. The average Bonchev–Trinajstić information content (AvgIpc) is 2.46. The molecule has 0 saturated carbocycles. The Hall–Kier alpha value is -1.02. The molecule has 0 aromatic heterocycles. The predicted octanol–water partition coefficient (Wildman–Crippen LogP) is 4.34. The number of nitrogens with one attached hydrogen (secondary N) is 1. The van der Waals surface area contributed by atoms with Crippen LogP contribution in [0, 0.1) is 5.92 Å². The molecule has 1 amide bonds. The lowest BCUT2D eigenvalue weighted by Gasteiger charge is -2.23. The van der Waals surface area contributed by atoms with Crippen molar-refractivity contribution in [3.8, 4) is 0 Å². The van der Waals surface area contributed by atoms with Gasteiger partial charge in [-0.1, -0.05) is 63.9 Å². The van der Waals surface area contributed by atoms with E-state index in [1.54, 1.807) is 0 Å². The third-order valence-corrected chi connectivity index (χ3v) is 4.13. The minimum Gasteiger partial charge on any atom is -0.354 e. The number of amides is 1. The molecule has 0 spiro atoms. The van der Waals surface area contributed by atoms with Crippen molar-refractivity contribution in [1.29, 1.82) is 0 Å². The number of alkyl halides is 1. The summed E-state index contributed by atoms with van der Waals surface area (Å²) in [6, 6.07) is 10.0. The number of rotatable bonds is 8. The highest BCUT2D eigenvalue weighted by molar-refractivity contribution is 6.20. The van der Waals surface area contributed by atoms with Gasteiger partial charge in [-0.05, 0) is 17.9 Å². The first-order valence-corrected chi connectivity index (χ1v) is 8.00. The standard InChI is InChI=1S/C17H26ClNO/c1-4-9-15(18)12-19-17(20)16(13(3)5-2)14-10-7-6-8-11-14/h6-8,10-11,13,15-16H,4-5,9,12H2,1-3H3,(H,19,20). The van der Waals surface area contributed by atoms with Crippen molar-refractivity contribution in [3.63, 3.8) is 0 Å². The molecule has 3 heteroatoms. The molecule has 0 saturated heterocycles. The summed E-state index contributed by atoms with van der Waals surface area (Å²) in [5.41, 5.74) is 1.08. The third kappa shape index (κ3) is 5.16. The number of hydrogen-bond acceptors (Lipinski definition) is 1. The molecule has 3 unspecified atom stereocenters. The normalized spacial score (nSPS) is 15.4. The largest absolute Gasteiger partial charge is 0.354 e. The van der Waals surface area contributed by atoms with Crippen LogP contribution in [-0.4, -0.2) is 17.8 Å². The summed E-state index contributed by atoms with van der Waals surface area (Å²) in [5, 5.41) is 3.04. The molecule has 0 radical (unpaired) electrons. The fraction of sp³-hybridized carbons (Fsp3) is 0.588. The SMILES string of the molecule is CCCC(Cl)CNC(=O)C(c1ccccc1)C(C)CC. The first-order chi connectivity index (χ1) is 9.60. The van der Waals surface area contributed by atoms with Gasteiger partial charge in [-0.3, -0.25) is 4.79 Å². The Balaban J connectivity index is 2.71. The Morgan fingerprint density at radius 1 is 1.25 bits per heavy atom. The minimum absolute atomic E-state index is 0.0253. The van der Waals surface area contributed by atoms with E-state index < -0.39 is 0 Å². The molecule has 1 aromatic carbocycles. The van der Waals surface area contributed by atoms with E-state index in [0.29, 0.717) is 12.5 Å². The highest BCUT2D eigenvalue weighted by Gasteiger charge is 2.25. The molecule has 0 fully saturated rings. The fourth-order valence-electron chi connectivity index (χ4n) is 2.37. The van der Waals surface area contributed by atoms with Crippen molar-refractivity contribution in [2.24, 2.45) is 5.92 Å². The maximum Gasteiger partial charge on any atom is 0.227 e. The van der Waals surface area contributed by atoms with Crippen LogP contribution in [0.25, 0.3) is 0 Å². The molecule has 0 aliphatic carbocycles. The topological polar surface area (TPSA) is 29.1 Å². The lowest BCUT2D eigenvalue weighted by molar-refractivity contribution is -0.123. The zero-order valence-electron chi connectivity index (χ0n) is 12.7. The number of benzene rings is 1. The van der Waals surface area contributed by atoms with Gasteiger partial charge in [0.2, 0.25) is 5.91 Å². The molecular formula is C17H26ClNO. The molecule has 0 bridgehead atoms. The summed E-state index contributed by atoms with van der Waals surface area (Å²) >= 11 is 6.17. The molecule has 0 heterocycles. The summed E-state index contributed by atoms with van der Waals surface area (Å²) in [6.07, 6.45) is 2.95. The smallest absolute Gasteiger partial charge is 0.227 e. The van der Waals surface area contributed by atoms with E-state index in [-0.39, 0.29) is 17.2 Å². The van der Waals surface area contributed by atoms with E-state index in [9.17, 15) is 4.79 Å². The van der Waals surface area contributed by atoms with E-state index >= 15 is 0 Å². The Kier molecular flexibility index (Phi) is 7.68. The third-order valence-electron chi connectivity index (χ3n) is 3.75. The van der Waals surface area contributed by atoms with E-state index in [1.807, 2.05) is 30.3 Å². The minimum atomic E-state index is -0.0910. The maximum atomic E-state index is 12.5. The van der Waals surface area contributed by atoms with Gasteiger partial charge in [0.1, 0.15) is 0 Å². The van der Waals surface area contributed by atoms with Crippen LogP contribution in [0.1, 0.15) is 51.5 Å². The van der Waals surface area contributed by atoms with Crippen molar-refractivity contribution < 1.29 is 4.79 Å². The van der Waals surface area contributed by atoms with Gasteiger partial charge in [0, 0.05) is 6.54 Å². The van der Waals surface area contributed by atoms with Gasteiger partial charge < -0.3 is 5.32 Å². The average molecular weight is 296 g/mol. The maximum absolute atomic E-state index is 12.5. The Morgan fingerprint density at radius 2 is 1.90 bits per heavy atom. The van der Waals surface area contributed by atoms with Crippen molar-refractivity contribution >= 4 is 17.5 Å². The van der Waals surface area contributed by atoms with Crippen molar-refractivity contribution in [1.82, 2.24) is 5.32 Å². The van der Waals surface area contributed by atoms with Gasteiger partial charge in [0.05, 0.1) is 11.3 Å². The van der Waals surface area contributed by atoms with Crippen LogP contribution in [0.4, 0.5) is 0 Å². The second kappa shape index (κ2) is 9.02. The predicted molar refractivity (Wildman–Crippen MR) is 86.2 cm³/mol. The summed E-state index contributed by atoms with van der Waals surface area (Å²) in [4.78, 5) is 12.5. The Bertz CT molecular complexity index is 393. The van der Waals surface area contributed by atoms with Crippen LogP contribution in [0.2, 0.25) is 0 Å². The van der Waals surface area contributed by atoms with Crippen LogP contribution >= 0.6 is 11.6 Å². The summed E-state index contributed by atoms with van der Waals surface area (Å²) < 4.78 is 0. The van der Waals surface area contributed by atoms with E-state index in [0.717, 1.165) is 24.8 Å². The monoisotopic (exact) mass is 295 g/mol.